The first-order valence-electron chi connectivity index (χ1n) is 3.95. The van der Waals surface area contributed by atoms with Gasteiger partial charge in [-0.2, -0.15) is 13.2 Å². The van der Waals surface area contributed by atoms with E-state index in [9.17, 15) is 13.2 Å². The first-order valence-corrected chi connectivity index (χ1v) is 4.74. The molecule has 1 aromatic carbocycles. The van der Waals surface area contributed by atoms with Gasteiger partial charge in [0.05, 0.1) is 11.6 Å². The second-order valence-corrected chi connectivity index (χ2v) is 3.66. The van der Waals surface area contributed by atoms with Crippen LogP contribution in [0.5, 0.6) is 5.75 Å². The summed E-state index contributed by atoms with van der Waals surface area (Å²) in [5, 5.41) is 9.07. The smallest absolute Gasteiger partial charge is 0.418 e. The van der Waals surface area contributed by atoms with Crippen molar-refractivity contribution in [2.24, 2.45) is 0 Å². The van der Waals surface area contributed by atoms with Gasteiger partial charge in [-0.15, -0.1) is 0 Å². The lowest BCUT2D eigenvalue weighted by Gasteiger charge is -2.18. The molecular weight excluding hydrogens is 277 g/mol. The van der Waals surface area contributed by atoms with Crippen LogP contribution in [0.15, 0.2) is 22.7 Å². The summed E-state index contributed by atoms with van der Waals surface area (Å²) >= 11 is 3.04. The molecule has 0 aromatic heterocycles. The van der Waals surface area contributed by atoms with E-state index in [1.807, 2.05) is 0 Å². The van der Waals surface area contributed by atoms with Crippen LogP contribution >= 0.6 is 15.9 Å². The molecule has 1 aromatic rings. The summed E-state index contributed by atoms with van der Waals surface area (Å²) in [5.41, 5.74) is -0.306. The number of benzene rings is 1. The van der Waals surface area contributed by atoms with Gasteiger partial charge in [0.2, 0.25) is 0 Å². The first-order chi connectivity index (χ1) is 6.88. The Hall–Kier alpha value is -0.750. The van der Waals surface area contributed by atoms with E-state index >= 15 is 0 Å². The third-order valence-corrected chi connectivity index (χ3v) is 2.43. The summed E-state index contributed by atoms with van der Waals surface area (Å²) in [7, 11) is 1.24. The van der Waals surface area contributed by atoms with E-state index in [1.165, 1.54) is 25.3 Å². The van der Waals surface area contributed by atoms with Crippen molar-refractivity contribution >= 4 is 15.9 Å². The largest absolute Gasteiger partial charge is 0.495 e. The molecule has 6 heteroatoms. The zero-order chi connectivity index (χ0) is 11.6. The summed E-state index contributed by atoms with van der Waals surface area (Å²) in [4.78, 5) is 0. The minimum Gasteiger partial charge on any atom is -0.495 e. The molecule has 0 amide bonds. The van der Waals surface area contributed by atoms with Crippen molar-refractivity contribution in [3.8, 4) is 5.75 Å². The number of halogens is 4. The quantitative estimate of drug-likeness (QED) is 0.905. The number of hydrogen-bond acceptors (Lipinski definition) is 2. The summed E-state index contributed by atoms with van der Waals surface area (Å²) in [6.45, 7) is 0. The van der Waals surface area contributed by atoms with Gasteiger partial charge in [-0.3, -0.25) is 0 Å². The lowest BCUT2D eigenvalue weighted by Crippen LogP contribution is -2.20. The van der Waals surface area contributed by atoms with Gasteiger partial charge in [0.15, 0.2) is 6.10 Å². The number of methoxy groups -OCH3 is 1. The number of ether oxygens (including phenoxy) is 1. The molecule has 0 radical (unpaired) electrons. The molecule has 0 saturated carbocycles. The SMILES string of the molecule is COc1c(Br)cccc1[C@@H](O)C(F)(F)F. The maximum atomic E-state index is 12.3. The predicted molar refractivity (Wildman–Crippen MR) is 51.7 cm³/mol. The number of para-hydroxylation sites is 1. The lowest BCUT2D eigenvalue weighted by molar-refractivity contribution is -0.207. The maximum absolute atomic E-state index is 12.3. The van der Waals surface area contributed by atoms with E-state index < -0.39 is 12.3 Å². The fourth-order valence-electron chi connectivity index (χ4n) is 1.13. The van der Waals surface area contributed by atoms with Gasteiger partial charge in [0, 0.05) is 5.56 Å². The Bertz CT molecular complexity index is 352. The van der Waals surface area contributed by atoms with Gasteiger partial charge in [0.25, 0.3) is 0 Å². The van der Waals surface area contributed by atoms with Crippen molar-refractivity contribution in [2.45, 2.75) is 12.3 Å². The molecule has 0 aliphatic heterocycles. The highest BCUT2D eigenvalue weighted by atomic mass is 79.9. The second-order valence-electron chi connectivity index (χ2n) is 2.81. The molecule has 1 atom stereocenters. The molecule has 0 saturated heterocycles. The minimum absolute atomic E-state index is 0.0117. The van der Waals surface area contributed by atoms with E-state index in [0.717, 1.165) is 0 Å². The molecule has 84 valence electrons. The minimum atomic E-state index is -4.70. The highest BCUT2D eigenvalue weighted by Crippen LogP contribution is 2.39. The Morgan fingerprint density at radius 2 is 2.00 bits per heavy atom. The fraction of sp³-hybridized carbons (Fsp3) is 0.333. The van der Waals surface area contributed by atoms with Crippen molar-refractivity contribution in [3.05, 3.63) is 28.2 Å². The van der Waals surface area contributed by atoms with E-state index in [0.29, 0.717) is 4.47 Å². The second kappa shape index (κ2) is 4.40. The van der Waals surface area contributed by atoms with Gasteiger partial charge in [0.1, 0.15) is 5.75 Å². The number of alkyl halides is 3. The average Bonchev–Trinajstić information content (AvgIpc) is 2.14. The van der Waals surface area contributed by atoms with Crippen molar-refractivity contribution < 1.29 is 23.0 Å². The van der Waals surface area contributed by atoms with E-state index in [1.54, 1.807) is 0 Å². The highest BCUT2D eigenvalue weighted by molar-refractivity contribution is 9.10. The van der Waals surface area contributed by atoms with Gasteiger partial charge in [-0.05, 0) is 22.0 Å². The van der Waals surface area contributed by atoms with Crippen LogP contribution in [0.25, 0.3) is 0 Å². The molecule has 0 aliphatic carbocycles. The maximum Gasteiger partial charge on any atom is 0.418 e. The normalized spacial score (nSPS) is 13.7. The van der Waals surface area contributed by atoms with Crippen LogP contribution in [-0.2, 0) is 0 Å². The fourth-order valence-corrected chi connectivity index (χ4v) is 1.68. The van der Waals surface area contributed by atoms with Crippen LogP contribution in [0.2, 0.25) is 0 Å². The molecule has 0 spiro atoms. The van der Waals surface area contributed by atoms with Gasteiger partial charge in [-0.25, -0.2) is 0 Å². The van der Waals surface area contributed by atoms with E-state index in [-0.39, 0.29) is 11.3 Å². The molecule has 15 heavy (non-hydrogen) atoms. The Labute approximate surface area is 92.8 Å². The molecule has 1 N–H and O–H groups in total. The Morgan fingerprint density at radius 1 is 1.40 bits per heavy atom. The molecule has 0 bridgehead atoms. The molecular formula is C9H8BrF3O2. The summed E-state index contributed by atoms with van der Waals surface area (Å²) < 4.78 is 41.9. The lowest BCUT2D eigenvalue weighted by atomic mass is 10.1. The topological polar surface area (TPSA) is 29.5 Å². The molecule has 0 fully saturated rings. The predicted octanol–water partition coefficient (Wildman–Crippen LogP) is 3.05. The molecule has 0 heterocycles. The Morgan fingerprint density at radius 3 is 2.47 bits per heavy atom. The third kappa shape index (κ3) is 2.63. The number of hydrogen-bond donors (Lipinski definition) is 1. The molecule has 0 aliphatic rings. The van der Waals surface area contributed by atoms with Crippen LogP contribution in [-0.4, -0.2) is 18.4 Å². The first kappa shape index (κ1) is 12.3. The molecule has 0 unspecified atom stereocenters. The van der Waals surface area contributed by atoms with Crippen LogP contribution < -0.4 is 4.74 Å². The van der Waals surface area contributed by atoms with Crippen molar-refractivity contribution in [2.75, 3.05) is 7.11 Å². The molecule has 2 nitrogen and oxygen atoms in total. The standard InChI is InChI=1S/C9H8BrF3O2/c1-15-7-5(3-2-4-6(7)10)8(14)9(11,12)13/h2-4,8,14H,1H3/t8-/m1/s1. The average molecular weight is 285 g/mol. The van der Waals surface area contributed by atoms with Gasteiger partial charge in [-0.1, -0.05) is 12.1 Å². The third-order valence-electron chi connectivity index (χ3n) is 1.81. The van der Waals surface area contributed by atoms with Crippen LogP contribution in [0.3, 0.4) is 0 Å². The van der Waals surface area contributed by atoms with Crippen molar-refractivity contribution in [1.82, 2.24) is 0 Å². The van der Waals surface area contributed by atoms with Crippen LogP contribution in [0.4, 0.5) is 13.2 Å². The van der Waals surface area contributed by atoms with Gasteiger partial charge < -0.3 is 9.84 Å². The van der Waals surface area contributed by atoms with Gasteiger partial charge >= 0.3 is 6.18 Å². The Kier molecular flexibility index (Phi) is 3.62. The zero-order valence-corrected chi connectivity index (χ0v) is 9.26. The molecule has 1 rings (SSSR count). The van der Waals surface area contributed by atoms with Crippen molar-refractivity contribution in [1.29, 1.82) is 0 Å². The summed E-state index contributed by atoms with van der Waals surface area (Å²) in [6.07, 6.45) is -7.24. The summed E-state index contributed by atoms with van der Waals surface area (Å²) in [5.74, 6) is -0.0117. The van der Waals surface area contributed by atoms with Crippen LogP contribution in [0, 0.1) is 0 Å². The summed E-state index contributed by atoms with van der Waals surface area (Å²) in [6, 6.07) is 4.10. The number of rotatable bonds is 2. The van der Waals surface area contributed by atoms with E-state index in [4.69, 9.17) is 9.84 Å². The van der Waals surface area contributed by atoms with Crippen LogP contribution in [0.1, 0.15) is 11.7 Å². The number of aliphatic hydroxyl groups is 1. The zero-order valence-electron chi connectivity index (χ0n) is 7.68. The number of aliphatic hydroxyl groups excluding tert-OH is 1. The highest BCUT2D eigenvalue weighted by Gasteiger charge is 2.41. The monoisotopic (exact) mass is 284 g/mol. The Balaban J connectivity index is 3.20. The van der Waals surface area contributed by atoms with E-state index in [2.05, 4.69) is 15.9 Å². The van der Waals surface area contributed by atoms with Crippen molar-refractivity contribution in [3.63, 3.8) is 0 Å².